The smallest absolute Gasteiger partial charge is 0.320 e. The molecule has 0 aromatic heterocycles. The largest absolute Gasteiger partial charge is 0.480 e. The Bertz CT molecular complexity index is 154. The van der Waals surface area contributed by atoms with Crippen LogP contribution in [0.1, 0.15) is 19.8 Å². The minimum atomic E-state index is -0.729. The van der Waals surface area contributed by atoms with Crippen molar-refractivity contribution >= 4 is 5.97 Å². The Balaban J connectivity index is 2.26. The first kappa shape index (κ1) is 8.53. The SMILES string of the molecule is CC(C(=O)O)N(C)CC1CC1. The number of hydrogen-bond acceptors (Lipinski definition) is 2. The number of rotatable bonds is 4. The molecule has 11 heavy (non-hydrogen) atoms. The van der Waals surface area contributed by atoms with E-state index in [0.717, 1.165) is 12.5 Å². The highest BCUT2D eigenvalue weighted by Gasteiger charge is 2.26. The Morgan fingerprint density at radius 1 is 1.73 bits per heavy atom. The summed E-state index contributed by atoms with van der Waals surface area (Å²) in [5.74, 6) is 0.0370. The molecule has 0 amide bonds. The molecule has 0 heterocycles. The van der Waals surface area contributed by atoms with Gasteiger partial charge in [-0.3, -0.25) is 9.69 Å². The van der Waals surface area contributed by atoms with Gasteiger partial charge < -0.3 is 5.11 Å². The van der Waals surface area contributed by atoms with Crippen LogP contribution in [0.2, 0.25) is 0 Å². The molecule has 1 N–H and O–H groups in total. The van der Waals surface area contributed by atoms with Crippen molar-refractivity contribution in [3.05, 3.63) is 0 Å². The van der Waals surface area contributed by atoms with Crippen LogP contribution in [-0.4, -0.2) is 35.6 Å². The Morgan fingerprint density at radius 2 is 2.27 bits per heavy atom. The van der Waals surface area contributed by atoms with Crippen LogP contribution in [0.5, 0.6) is 0 Å². The average Bonchev–Trinajstić information content (AvgIpc) is 2.69. The second kappa shape index (κ2) is 3.22. The molecule has 0 aromatic rings. The lowest BCUT2D eigenvalue weighted by Gasteiger charge is -2.20. The molecule has 1 aliphatic carbocycles. The van der Waals surface area contributed by atoms with Crippen molar-refractivity contribution in [3.63, 3.8) is 0 Å². The fourth-order valence-corrected chi connectivity index (χ4v) is 1.05. The van der Waals surface area contributed by atoms with Gasteiger partial charge in [0.2, 0.25) is 0 Å². The first-order chi connectivity index (χ1) is 5.11. The van der Waals surface area contributed by atoms with E-state index in [9.17, 15) is 4.79 Å². The fraction of sp³-hybridized carbons (Fsp3) is 0.875. The zero-order chi connectivity index (χ0) is 8.43. The van der Waals surface area contributed by atoms with Crippen LogP contribution in [0.3, 0.4) is 0 Å². The number of nitrogens with zero attached hydrogens (tertiary/aromatic N) is 1. The van der Waals surface area contributed by atoms with Crippen LogP contribution >= 0.6 is 0 Å². The molecule has 1 saturated carbocycles. The summed E-state index contributed by atoms with van der Waals surface area (Å²) in [6.45, 7) is 2.66. The maximum Gasteiger partial charge on any atom is 0.320 e. The van der Waals surface area contributed by atoms with Crippen LogP contribution in [0.4, 0.5) is 0 Å². The van der Waals surface area contributed by atoms with E-state index < -0.39 is 5.97 Å². The quantitative estimate of drug-likeness (QED) is 0.656. The molecule has 0 spiro atoms. The number of carboxylic acid groups (broad SMARTS) is 1. The van der Waals surface area contributed by atoms with E-state index in [-0.39, 0.29) is 6.04 Å². The molecule has 0 radical (unpaired) electrons. The van der Waals surface area contributed by atoms with Gasteiger partial charge in [0, 0.05) is 6.54 Å². The number of hydrogen-bond donors (Lipinski definition) is 1. The normalized spacial score (nSPS) is 20.3. The molecule has 1 aliphatic rings. The zero-order valence-electron chi connectivity index (χ0n) is 7.08. The lowest BCUT2D eigenvalue weighted by atomic mass is 10.3. The third-order valence-electron chi connectivity index (χ3n) is 2.26. The molecule has 0 aromatic carbocycles. The van der Waals surface area contributed by atoms with Gasteiger partial charge in [0.25, 0.3) is 0 Å². The van der Waals surface area contributed by atoms with E-state index in [4.69, 9.17) is 5.11 Å². The van der Waals surface area contributed by atoms with Crippen LogP contribution < -0.4 is 0 Å². The highest BCUT2D eigenvalue weighted by Crippen LogP contribution is 2.29. The van der Waals surface area contributed by atoms with Gasteiger partial charge in [0.15, 0.2) is 0 Å². The van der Waals surface area contributed by atoms with Crippen LogP contribution in [0.25, 0.3) is 0 Å². The van der Waals surface area contributed by atoms with E-state index in [1.807, 2.05) is 11.9 Å². The topological polar surface area (TPSA) is 40.5 Å². The fourth-order valence-electron chi connectivity index (χ4n) is 1.05. The van der Waals surface area contributed by atoms with Crippen molar-refractivity contribution < 1.29 is 9.90 Å². The molecule has 1 atom stereocenters. The van der Waals surface area contributed by atoms with E-state index in [1.54, 1.807) is 6.92 Å². The molecule has 1 fully saturated rings. The van der Waals surface area contributed by atoms with Gasteiger partial charge in [-0.15, -0.1) is 0 Å². The molecular formula is C8H15NO2. The zero-order valence-corrected chi connectivity index (χ0v) is 7.08. The van der Waals surface area contributed by atoms with Crippen LogP contribution in [0, 0.1) is 5.92 Å². The Morgan fingerprint density at radius 3 is 2.64 bits per heavy atom. The van der Waals surface area contributed by atoms with Gasteiger partial charge in [-0.05, 0) is 32.7 Å². The lowest BCUT2D eigenvalue weighted by molar-refractivity contribution is -0.142. The van der Waals surface area contributed by atoms with Gasteiger partial charge in [-0.2, -0.15) is 0 Å². The van der Waals surface area contributed by atoms with Crippen molar-refractivity contribution in [2.45, 2.75) is 25.8 Å². The first-order valence-corrected chi connectivity index (χ1v) is 4.04. The van der Waals surface area contributed by atoms with E-state index >= 15 is 0 Å². The minimum Gasteiger partial charge on any atom is -0.480 e. The number of carbonyl (C=O) groups is 1. The molecule has 0 aliphatic heterocycles. The van der Waals surface area contributed by atoms with Crippen molar-refractivity contribution in [3.8, 4) is 0 Å². The highest BCUT2D eigenvalue weighted by atomic mass is 16.4. The Labute approximate surface area is 67.0 Å². The monoisotopic (exact) mass is 157 g/mol. The summed E-state index contributed by atoms with van der Waals surface area (Å²) in [5.41, 5.74) is 0. The molecule has 64 valence electrons. The predicted molar refractivity (Wildman–Crippen MR) is 42.5 cm³/mol. The average molecular weight is 157 g/mol. The number of aliphatic carboxylic acids is 1. The maximum absolute atomic E-state index is 10.5. The summed E-state index contributed by atoms with van der Waals surface area (Å²) in [6.07, 6.45) is 2.55. The maximum atomic E-state index is 10.5. The predicted octanol–water partition coefficient (Wildman–Crippen LogP) is 0.801. The summed E-state index contributed by atoms with van der Waals surface area (Å²) in [6, 6.07) is -0.337. The summed E-state index contributed by atoms with van der Waals surface area (Å²) < 4.78 is 0. The standard InChI is InChI=1S/C8H15NO2/c1-6(8(10)11)9(2)5-7-3-4-7/h6-7H,3-5H2,1-2H3,(H,10,11). The highest BCUT2D eigenvalue weighted by molar-refractivity contribution is 5.72. The molecule has 1 rings (SSSR count). The summed E-state index contributed by atoms with van der Waals surface area (Å²) in [5, 5.41) is 8.64. The molecular weight excluding hydrogens is 142 g/mol. The van der Waals surface area contributed by atoms with Crippen molar-refractivity contribution in [1.29, 1.82) is 0 Å². The second-order valence-corrected chi connectivity index (χ2v) is 3.40. The molecule has 3 nitrogen and oxygen atoms in total. The Kier molecular flexibility index (Phi) is 2.49. The van der Waals surface area contributed by atoms with Crippen molar-refractivity contribution in [1.82, 2.24) is 4.90 Å². The van der Waals surface area contributed by atoms with Crippen molar-refractivity contribution in [2.75, 3.05) is 13.6 Å². The number of likely N-dealkylation sites (N-methyl/N-ethyl adjacent to an activating group) is 1. The number of carboxylic acids is 1. The molecule has 3 heteroatoms. The summed E-state index contributed by atoms with van der Waals surface area (Å²) >= 11 is 0. The van der Waals surface area contributed by atoms with Crippen LogP contribution in [-0.2, 0) is 4.79 Å². The summed E-state index contributed by atoms with van der Waals surface area (Å²) in [4.78, 5) is 12.4. The third-order valence-corrected chi connectivity index (χ3v) is 2.26. The molecule has 0 saturated heterocycles. The van der Waals surface area contributed by atoms with E-state index in [2.05, 4.69) is 0 Å². The second-order valence-electron chi connectivity index (χ2n) is 3.40. The van der Waals surface area contributed by atoms with Crippen LogP contribution in [0.15, 0.2) is 0 Å². The first-order valence-electron chi connectivity index (χ1n) is 4.04. The lowest BCUT2D eigenvalue weighted by Crippen LogP contribution is -2.37. The van der Waals surface area contributed by atoms with Gasteiger partial charge in [-0.1, -0.05) is 0 Å². The third kappa shape index (κ3) is 2.50. The van der Waals surface area contributed by atoms with Gasteiger partial charge in [0.05, 0.1) is 0 Å². The van der Waals surface area contributed by atoms with E-state index in [0.29, 0.717) is 0 Å². The summed E-state index contributed by atoms with van der Waals surface area (Å²) in [7, 11) is 1.87. The molecule has 0 bridgehead atoms. The van der Waals surface area contributed by atoms with Gasteiger partial charge in [0.1, 0.15) is 6.04 Å². The van der Waals surface area contributed by atoms with Crippen molar-refractivity contribution in [2.24, 2.45) is 5.92 Å². The minimum absolute atomic E-state index is 0.337. The molecule has 1 unspecified atom stereocenters. The van der Waals surface area contributed by atoms with Gasteiger partial charge in [-0.25, -0.2) is 0 Å². The Hall–Kier alpha value is -0.570. The van der Waals surface area contributed by atoms with E-state index in [1.165, 1.54) is 12.8 Å². The van der Waals surface area contributed by atoms with Gasteiger partial charge >= 0.3 is 5.97 Å².